The Morgan fingerprint density at radius 2 is 2.14 bits per heavy atom. The quantitative estimate of drug-likeness (QED) is 0.593. The molecule has 1 saturated heterocycles. The van der Waals surface area contributed by atoms with Crippen molar-refractivity contribution in [3.05, 3.63) is 54.1 Å². The number of esters is 1. The molecule has 0 radical (unpaired) electrons. The highest BCUT2D eigenvalue weighted by molar-refractivity contribution is 7.80. The van der Waals surface area contributed by atoms with Gasteiger partial charge in [-0.05, 0) is 55.7 Å². The highest BCUT2D eigenvalue weighted by Gasteiger charge is 2.41. The van der Waals surface area contributed by atoms with Crippen LogP contribution in [0.2, 0.25) is 0 Å². The fourth-order valence-electron chi connectivity index (χ4n) is 4.32. The SMILES string of the molecule is CCOC(=O)CN1C(=S)N[C@H](c2ccccn2)[C@@H]1c1ccn(C2CCCC2)c1. The van der Waals surface area contributed by atoms with Gasteiger partial charge in [0.2, 0.25) is 0 Å². The Morgan fingerprint density at radius 3 is 2.86 bits per heavy atom. The molecule has 148 valence electrons. The van der Waals surface area contributed by atoms with Gasteiger partial charge in [-0.1, -0.05) is 18.9 Å². The standard InChI is InChI=1S/C21H26N4O2S/c1-2-27-18(26)14-25-20(15-10-12-24(13-15)16-7-3-4-8-16)19(23-21(25)28)17-9-5-6-11-22-17/h5-6,9-13,16,19-20H,2-4,7-8,14H2,1H3,(H,23,28)/t19-,20+/m1/s1. The van der Waals surface area contributed by atoms with Crippen LogP contribution in [0, 0.1) is 0 Å². The molecular weight excluding hydrogens is 372 g/mol. The smallest absolute Gasteiger partial charge is 0.325 e. The maximum Gasteiger partial charge on any atom is 0.325 e. The van der Waals surface area contributed by atoms with Gasteiger partial charge in [0.15, 0.2) is 5.11 Å². The molecule has 7 heteroatoms. The van der Waals surface area contributed by atoms with E-state index in [1.54, 1.807) is 6.20 Å². The molecule has 1 saturated carbocycles. The van der Waals surface area contributed by atoms with E-state index in [9.17, 15) is 4.79 Å². The molecule has 2 aromatic rings. The largest absolute Gasteiger partial charge is 0.465 e. The first-order chi connectivity index (χ1) is 13.7. The molecule has 28 heavy (non-hydrogen) atoms. The predicted octanol–water partition coefficient (Wildman–Crippen LogP) is 3.53. The van der Waals surface area contributed by atoms with Gasteiger partial charge in [-0.3, -0.25) is 9.78 Å². The first kappa shape index (κ1) is 18.9. The lowest BCUT2D eigenvalue weighted by Crippen LogP contribution is -2.35. The second-order valence-corrected chi connectivity index (χ2v) is 7.78. The molecule has 2 atom stereocenters. The van der Waals surface area contributed by atoms with Crippen LogP contribution in [0.15, 0.2) is 42.9 Å². The minimum atomic E-state index is -0.270. The number of pyridine rings is 1. The fourth-order valence-corrected chi connectivity index (χ4v) is 4.62. The number of carbonyl (C=O) groups excluding carboxylic acids is 1. The molecule has 2 aromatic heterocycles. The Kier molecular flexibility index (Phi) is 5.62. The second-order valence-electron chi connectivity index (χ2n) is 7.39. The summed E-state index contributed by atoms with van der Waals surface area (Å²) in [5.74, 6) is -0.270. The normalized spacial score (nSPS) is 22.5. The molecule has 1 aliphatic heterocycles. The Balaban J connectivity index is 1.66. The molecule has 2 aliphatic rings. The maximum atomic E-state index is 12.2. The van der Waals surface area contributed by atoms with Crippen LogP contribution >= 0.6 is 12.2 Å². The van der Waals surface area contributed by atoms with E-state index >= 15 is 0 Å². The van der Waals surface area contributed by atoms with Crippen molar-refractivity contribution in [3.63, 3.8) is 0 Å². The summed E-state index contributed by atoms with van der Waals surface area (Å²) in [5.41, 5.74) is 2.05. The van der Waals surface area contributed by atoms with Crippen molar-refractivity contribution in [2.24, 2.45) is 0 Å². The molecule has 0 bridgehead atoms. The fraction of sp³-hybridized carbons (Fsp3) is 0.476. The monoisotopic (exact) mass is 398 g/mol. The lowest BCUT2D eigenvalue weighted by molar-refractivity contribution is -0.143. The third kappa shape index (κ3) is 3.76. The summed E-state index contributed by atoms with van der Waals surface area (Å²) in [7, 11) is 0. The van der Waals surface area contributed by atoms with Crippen molar-refractivity contribution in [1.29, 1.82) is 0 Å². The van der Waals surface area contributed by atoms with Gasteiger partial charge in [0.05, 0.1) is 24.4 Å². The van der Waals surface area contributed by atoms with Gasteiger partial charge in [-0.2, -0.15) is 0 Å². The average Bonchev–Trinajstić information content (AvgIpc) is 3.43. The minimum Gasteiger partial charge on any atom is -0.465 e. The summed E-state index contributed by atoms with van der Waals surface area (Å²) in [4.78, 5) is 18.7. The summed E-state index contributed by atoms with van der Waals surface area (Å²) in [6.07, 6.45) is 11.2. The molecule has 6 nitrogen and oxygen atoms in total. The minimum absolute atomic E-state index is 0.102. The average molecular weight is 399 g/mol. The van der Waals surface area contributed by atoms with Crippen LogP contribution < -0.4 is 5.32 Å². The van der Waals surface area contributed by atoms with Crippen molar-refractivity contribution in [1.82, 2.24) is 19.8 Å². The van der Waals surface area contributed by atoms with Gasteiger partial charge in [-0.15, -0.1) is 0 Å². The van der Waals surface area contributed by atoms with E-state index in [1.807, 2.05) is 30.0 Å². The van der Waals surface area contributed by atoms with Crippen molar-refractivity contribution >= 4 is 23.3 Å². The van der Waals surface area contributed by atoms with Crippen LogP contribution in [0.5, 0.6) is 0 Å². The third-order valence-corrected chi connectivity index (χ3v) is 5.98. The summed E-state index contributed by atoms with van der Waals surface area (Å²) in [5, 5.41) is 3.93. The number of nitrogens with one attached hydrogen (secondary N) is 1. The van der Waals surface area contributed by atoms with Gasteiger partial charge in [-0.25, -0.2) is 0 Å². The Hall–Kier alpha value is -2.41. The summed E-state index contributed by atoms with van der Waals surface area (Å²) >= 11 is 5.58. The topological polar surface area (TPSA) is 59.4 Å². The van der Waals surface area contributed by atoms with Crippen LogP contribution in [0.1, 0.15) is 62.0 Å². The predicted molar refractivity (Wildman–Crippen MR) is 111 cm³/mol. The van der Waals surface area contributed by atoms with Gasteiger partial charge in [0.25, 0.3) is 0 Å². The molecule has 2 fully saturated rings. The molecule has 3 heterocycles. The molecule has 1 aliphatic carbocycles. The lowest BCUT2D eigenvalue weighted by Gasteiger charge is -2.26. The Labute approximate surface area is 170 Å². The highest BCUT2D eigenvalue weighted by Crippen LogP contribution is 2.39. The summed E-state index contributed by atoms with van der Waals surface area (Å²) < 4.78 is 7.50. The number of hydrogen-bond acceptors (Lipinski definition) is 4. The van der Waals surface area contributed by atoms with Crippen LogP contribution in [-0.4, -0.2) is 38.7 Å². The number of rotatable bonds is 6. The zero-order valence-electron chi connectivity index (χ0n) is 16.1. The van der Waals surface area contributed by atoms with Gasteiger partial charge < -0.3 is 19.5 Å². The van der Waals surface area contributed by atoms with E-state index in [4.69, 9.17) is 17.0 Å². The molecule has 1 N–H and O–H groups in total. The molecule has 0 aromatic carbocycles. The number of thiocarbonyl (C=S) groups is 1. The molecular formula is C21H26N4O2S. The molecule has 0 amide bonds. The lowest BCUT2D eigenvalue weighted by atomic mass is 9.99. The number of hydrogen-bond donors (Lipinski definition) is 1. The number of aromatic nitrogens is 2. The maximum absolute atomic E-state index is 12.2. The second kappa shape index (κ2) is 8.31. The van der Waals surface area contributed by atoms with E-state index < -0.39 is 0 Å². The van der Waals surface area contributed by atoms with Gasteiger partial charge in [0, 0.05) is 24.6 Å². The number of carbonyl (C=O) groups is 1. The van der Waals surface area contributed by atoms with Crippen molar-refractivity contribution in [3.8, 4) is 0 Å². The molecule has 0 unspecified atom stereocenters. The highest BCUT2D eigenvalue weighted by atomic mass is 32.1. The zero-order chi connectivity index (χ0) is 19.5. The van der Waals surface area contributed by atoms with E-state index in [1.165, 1.54) is 25.7 Å². The Bertz CT molecular complexity index is 832. The van der Waals surface area contributed by atoms with E-state index in [2.05, 4.69) is 33.3 Å². The Morgan fingerprint density at radius 1 is 1.32 bits per heavy atom. The summed E-state index contributed by atoms with van der Waals surface area (Å²) in [6.45, 7) is 2.30. The van der Waals surface area contributed by atoms with E-state index in [0.29, 0.717) is 17.8 Å². The zero-order valence-corrected chi connectivity index (χ0v) is 16.9. The van der Waals surface area contributed by atoms with E-state index in [0.717, 1.165) is 11.3 Å². The first-order valence-electron chi connectivity index (χ1n) is 9.98. The van der Waals surface area contributed by atoms with Crippen molar-refractivity contribution in [2.75, 3.05) is 13.2 Å². The van der Waals surface area contributed by atoms with E-state index in [-0.39, 0.29) is 24.6 Å². The molecule has 0 spiro atoms. The van der Waals surface area contributed by atoms with Gasteiger partial charge >= 0.3 is 5.97 Å². The van der Waals surface area contributed by atoms with Crippen LogP contribution in [0.4, 0.5) is 0 Å². The summed E-state index contributed by atoms with van der Waals surface area (Å²) in [6, 6.07) is 8.38. The van der Waals surface area contributed by atoms with Crippen LogP contribution in [0.25, 0.3) is 0 Å². The first-order valence-corrected chi connectivity index (χ1v) is 10.4. The van der Waals surface area contributed by atoms with Crippen molar-refractivity contribution < 1.29 is 9.53 Å². The van der Waals surface area contributed by atoms with Crippen molar-refractivity contribution in [2.45, 2.75) is 50.7 Å². The van der Waals surface area contributed by atoms with Crippen LogP contribution in [-0.2, 0) is 9.53 Å². The third-order valence-electron chi connectivity index (χ3n) is 5.63. The number of nitrogens with zero attached hydrogens (tertiary/aromatic N) is 3. The molecule has 4 rings (SSSR count). The van der Waals surface area contributed by atoms with Gasteiger partial charge in [0.1, 0.15) is 6.54 Å². The van der Waals surface area contributed by atoms with Crippen LogP contribution in [0.3, 0.4) is 0 Å². The number of ether oxygens (including phenoxy) is 1.